The van der Waals surface area contributed by atoms with Crippen molar-refractivity contribution in [1.29, 1.82) is 0 Å². The Hall–Kier alpha value is -1.06. The first-order chi connectivity index (χ1) is 7.56. The van der Waals surface area contributed by atoms with Crippen molar-refractivity contribution in [2.24, 2.45) is 0 Å². The molecule has 2 rings (SSSR count). The Morgan fingerprint density at radius 2 is 2.19 bits per heavy atom. The summed E-state index contributed by atoms with van der Waals surface area (Å²) in [6.07, 6.45) is 4.05. The standard InChI is InChI=1S/C12H16ClN3/c1-8(2)14-5-10-7-16-6-9(3)4-11(13)12(16)15-10/h4,6-8,14H,5H2,1-3H3. The number of aryl methyl sites for hydroxylation is 1. The van der Waals surface area contributed by atoms with Crippen molar-refractivity contribution in [3.63, 3.8) is 0 Å². The molecule has 3 nitrogen and oxygen atoms in total. The maximum Gasteiger partial charge on any atom is 0.155 e. The van der Waals surface area contributed by atoms with E-state index in [1.54, 1.807) is 0 Å². The highest BCUT2D eigenvalue weighted by Crippen LogP contribution is 2.18. The largest absolute Gasteiger partial charge is 0.309 e. The molecular weight excluding hydrogens is 222 g/mol. The molecule has 0 bridgehead atoms. The molecule has 4 heteroatoms. The summed E-state index contributed by atoms with van der Waals surface area (Å²) in [5.74, 6) is 0. The number of aromatic nitrogens is 2. The first-order valence-corrected chi connectivity index (χ1v) is 5.81. The second-order valence-electron chi connectivity index (χ2n) is 4.36. The minimum Gasteiger partial charge on any atom is -0.309 e. The first-order valence-electron chi connectivity index (χ1n) is 5.43. The summed E-state index contributed by atoms with van der Waals surface area (Å²) < 4.78 is 1.98. The van der Waals surface area contributed by atoms with E-state index in [0.717, 1.165) is 23.4 Å². The van der Waals surface area contributed by atoms with E-state index in [9.17, 15) is 0 Å². The Balaban J connectivity index is 2.33. The zero-order valence-electron chi connectivity index (χ0n) is 9.79. The van der Waals surface area contributed by atoms with Crippen LogP contribution >= 0.6 is 11.6 Å². The van der Waals surface area contributed by atoms with E-state index in [4.69, 9.17) is 11.6 Å². The first kappa shape index (κ1) is 11.4. The van der Waals surface area contributed by atoms with E-state index in [2.05, 4.69) is 24.1 Å². The number of nitrogens with one attached hydrogen (secondary N) is 1. The molecule has 0 radical (unpaired) electrons. The maximum atomic E-state index is 6.13. The predicted octanol–water partition coefficient (Wildman–Crippen LogP) is 2.79. The van der Waals surface area contributed by atoms with Gasteiger partial charge in [-0.05, 0) is 18.6 Å². The molecule has 86 valence electrons. The lowest BCUT2D eigenvalue weighted by atomic mass is 10.3. The number of pyridine rings is 1. The van der Waals surface area contributed by atoms with Crippen LogP contribution in [0, 0.1) is 6.92 Å². The Bertz CT molecular complexity index is 502. The molecule has 0 saturated carbocycles. The van der Waals surface area contributed by atoms with E-state index in [1.165, 1.54) is 0 Å². The summed E-state index contributed by atoms with van der Waals surface area (Å²) in [7, 11) is 0. The number of nitrogens with zero attached hydrogens (tertiary/aromatic N) is 2. The topological polar surface area (TPSA) is 29.3 Å². The monoisotopic (exact) mass is 237 g/mol. The van der Waals surface area contributed by atoms with Crippen LogP contribution in [0.15, 0.2) is 18.5 Å². The van der Waals surface area contributed by atoms with Crippen LogP contribution < -0.4 is 5.32 Å². The number of rotatable bonds is 3. The zero-order chi connectivity index (χ0) is 11.7. The fraction of sp³-hybridized carbons (Fsp3) is 0.417. The summed E-state index contributed by atoms with van der Waals surface area (Å²) in [5.41, 5.74) is 2.98. The molecule has 0 amide bonds. The molecule has 0 fully saturated rings. The van der Waals surface area contributed by atoms with Crippen molar-refractivity contribution >= 4 is 17.2 Å². The summed E-state index contributed by atoms with van der Waals surface area (Å²) in [4.78, 5) is 4.49. The fourth-order valence-corrected chi connectivity index (χ4v) is 1.95. The molecule has 0 spiro atoms. The molecule has 0 aromatic carbocycles. The van der Waals surface area contributed by atoms with Gasteiger partial charge in [-0.15, -0.1) is 0 Å². The molecule has 0 aliphatic rings. The molecule has 0 unspecified atom stereocenters. The highest BCUT2D eigenvalue weighted by Gasteiger charge is 2.06. The molecule has 0 saturated heterocycles. The van der Waals surface area contributed by atoms with E-state index in [0.29, 0.717) is 11.1 Å². The third kappa shape index (κ3) is 2.36. The summed E-state index contributed by atoms with van der Waals surface area (Å²) in [6.45, 7) is 7.03. The Morgan fingerprint density at radius 1 is 1.44 bits per heavy atom. The smallest absolute Gasteiger partial charge is 0.155 e. The second kappa shape index (κ2) is 4.44. The summed E-state index contributed by atoms with van der Waals surface area (Å²) in [5, 5.41) is 4.04. The Kier molecular flexibility index (Phi) is 3.17. The summed E-state index contributed by atoms with van der Waals surface area (Å²) in [6, 6.07) is 2.39. The van der Waals surface area contributed by atoms with Gasteiger partial charge in [-0.3, -0.25) is 0 Å². The highest BCUT2D eigenvalue weighted by molar-refractivity contribution is 6.33. The van der Waals surface area contributed by atoms with Gasteiger partial charge in [0.25, 0.3) is 0 Å². The van der Waals surface area contributed by atoms with Gasteiger partial charge in [-0.1, -0.05) is 25.4 Å². The van der Waals surface area contributed by atoms with Gasteiger partial charge in [0.15, 0.2) is 5.65 Å². The molecule has 1 N–H and O–H groups in total. The van der Waals surface area contributed by atoms with E-state index in [1.807, 2.05) is 29.8 Å². The van der Waals surface area contributed by atoms with Crippen LogP contribution in [0.25, 0.3) is 5.65 Å². The van der Waals surface area contributed by atoms with Crippen LogP contribution in [0.4, 0.5) is 0 Å². The lowest BCUT2D eigenvalue weighted by molar-refractivity contribution is 0.583. The summed E-state index contributed by atoms with van der Waals surface area (Å²) >= 11 is 6.13. The van der Waals surface area contributed by atoms with Gasteiger partial charge < -0.3 is 9.72 Å². The normalized spacial score (nSPS) is 11.6. The molecule has 2 aromatic heterocycles. The fourth-order valence-electron chi connectivity index (χ4n) is 1.63. The predicted molar refractivity (Wildman–Crippen MR) is 66.9 cm³/mol. The molecule has 2 heterocycles. The minimum absolute atomic E-state index is 0.460. The number of fused-ring (bicyclic) bond motifs is 1. The van der Waals surface area contributed by atoms with Crippen LogP contribution in [0.3, 0.4) is 0 Å². The zero-order valence-corrected chi connectivity index (χ0v) is 10.5. The quantitative estimate of drug-likeness (QED) is 0.890. The Labute approximate surface area is 100 Å². The van der Waals surface area contributed by atoms with Gasteiger partial charge in [-0.25, -0.2) is 4.98 Å². The van der Waals surface area contributed by atoms with Crippen LogP contribution in [0.1, 0.15) is 25.1 Å². The number of imidazole rings is 1. The lowest BCUT2D eigenvalue weighted by Gasteiger charge is -2.04. The van der Waals surface area contributed by atoms with E-state index in [-0.39, 0.29) is 0 Å². The number of hydrogen-bond acceptors (Lipinski definition) is 2. The average Bonchev–Trinajstić information content (AvgIpc) is 2.57. The van der Waals surface area contributed by atoms with Gasteiger partial charge in [0.1, 0.15) is 0 Å². The number of hydrogen-bond donors (Lipinski definition) is 1. The number of halogens is 1. The third-order valence-electron chi connectivity index (χ3n) is 2.38. The van der Waals surface area contributed by atoms with Crippen LogP contribution in [-0.4, -0.2) is 15.4 Å². The SMILES string of the molecule is Cc1cc(Cl)c2nc(CNC(C)C)cn2c1. The minimum atomic E-state index is 0.460. The van der Waals surface area contributed by atoms with Gasteiger partial charge in [0.05, 0.1) is 10.7 Å². The van der Waals surface area contributed by atoms with Crippen molar-refractivity contribution in [3.05, 3.63) is 34.7 Å². The molecule has 16 heavy (non-hydrogen) atoms. The second-order valence-corrected chi connectivity index (χ2v) is 4.77. The molecule has 0 aliphatic heterocycles. The highest BCUT2D eigenvalue weighted by atomic mass is 35.5. The van der Waals surface area contributed by atoms with Crippen LogP contribution in [0.5, 0.6) is 0 Å². The van der Waals surface area contributed by atoms with Crippen molar-refractivity contribution in [1.82, 2.24) is 14.7 Å². The van der Waals surface area contributed by atoms with Crippen molar-refractivity contribution in [2.75, 3.05) is 0 Å². The van der Waals surface area contributed by atoms with Crippen LogP contribution in [-0.2, 0) is 6.54 Å². The lowest BCUT2D eigenvalue weighted by Crippen LogP contribution is -2.21. The van der Waals surface area contributed by atoms with Gasteiger partial charge in [0.2, 0.25) is 0 Å². The Morgan fingerprint density at radius 3 is 2.88 bits per heavy atom. The molecule has 0 aliphatic carbocycles. The van der Waals surface area contributed by atoms with Crippen molar-refractivity contribution in [2.45, 2.75) is 33.4 Å². The van der Waals surface area contributed by atoms with Crippen molar-refractivity contribution < 1.29 is 0 Å². The van der Waals surface area contributed by atoms with Gasteiger partial charge in [0, 0.05) is 25.0 Å². The van der Waals surface area contributed by atoms with E-state index >= 15 is 0 Å². The van der Waals surface area contributed by atoms with Gasteiger partial charge in [-0.2, -0.15) is 0 Å². The molecule has 0 atom stereocenters. The maximum absolute atomic E-state index is 6.13. The average molecular weight is 238 g/mol. The van der Waals surface area contributed by atoms with Crippen molar-refractivity contribution in [3.8, 4) is 0 Å². The molecular formula is C12H16ClN3. The third-order valence-corrected chi connectivity index (χ3v) is 2.66. The molecule has 2 aromatic rings. The van der Waals surface area contributed by atoms with Crippen LogP contribution in [0.2, 0.25) is 5.02 Å². The van der Waals surface area contributed by atoms with Gasteiger partial charge >= 0.3 is 0 Å². The van der Waals surface area contributed by atoms with E-state index < -0.39 is 0 Å².